The van der Waals surface area contributed by atoms with E-state index in [2.05, 4.69) is 5.32 Å². The molecule has 0 saturated heterocycles. The molecule has 1 aliphatic heterocycles. The van der Waals surface area contributed by atoms with Crippen LogP contribution in [-0.2, 0) is 12.6 Å². The van der Waals surface area contributed by atoms with E-state index in [4.69, 9.17) is 0 Å². The zero-order valence-electron chi connectivity index (χ0n) is 16.4. The molecule has 1 N–H and O–H groups in total. The van der Waals surface area contributed by atoms with Crippen LogP contribution < -0.4 is 10.2 Å². The van der Waals surface area contributed by atoms with Crippen LogP contribution in [0.25, 0.3) is 0 Å². The van der Waals surface area contributed by atoms with Gasteiger partial charge in [-0.2, -0.15) is 13.2 Å². The van der Waals surface area contributed by atoms with E-state index in [0.717, 1.165) is 48.4 Å². The molecule has 0 spiro atoms. The third-order valence-corrected chi connectivity index (χ3v) is 5.20. The number of alkyl halides is 3. The maximum atomic E-state index is 13.0. The van der Waals surface area contributed by atoms with Crippen molar-refractivity contribution in [3.63, 3.8) is 0 Å². The Morgan fingerprint density at radius 1 is 0.871 bits per heavy atom. The van der Waals surface area contributed by atoms with Crippen molar-refractivity contribution in [1.82, 2.24) is 0 Å². The topological polar surface area (TPSA) is 49.4 Å². The van der Waals surface area contributed by atoms with Crippen LogP contribution in [0.2, 0.25) is 0 Å². The van der Waals surface area contributed by atoms with Crippen LogP contribution in [0.4, 0.5) is 24.5 Å². The molecule has 0 unspecified atom stereocenters. The van der Waals surface area contributed by atoms with E-state index in [-0.39, 0.29) is 11.5 Å². The molecule has 0 aliphatic carbocycles. The van der Waals surface area contributed by atoms with Gasteiger partial charge in [0.2, 0.25) is 0 Å². The summed E-state index contributed by atoms with van der Waals surface area (Å²) in [4.78, 5) is 27.2. The lowest BCUT2D eigenvalue weighted by Gasteiger charge is -2.30. The molecule has 0 radical (unpaired) electrons. The summed E-state index contributed by atoms with van der Waals surface area (Å²) in [6.45, 7) is 0.566. The Hall–Kier alpha value is -3.61. The molecule has 3 aromatic carbocycles. The van der Waals surface area contributed by atoms with Gasteiger partial charge in [-0.1, -0.05) is 24.3 Å². The summed E-state index contributed by atoms with van der Waals surface area (Å²) in [6, 6.07) is 18.3. The highest BCUT2D eigenvalue weighted by atomic mass is 19.4. The van der Waals surface area contributed by atoms with Crippen LogP contribution in [-0.4, -0.2) is 18.4 Å². The third-order valence-electron chi connectivity index (χ3n) is 5.20. The van der Waals surface area contributed by atoms with E-state index >= 15 is 0 Å². The lowest BCUT2D eigenvalue weighted by atomic mass is 10.00. The average molecular weight is 424 g/mol. The summed E-state index contributed by atoms with van der Waals surface area (Å²) in [5.41, 5.74) is 2.08. The molecule has 1 heterocycles. The van der Waals surface area contributed by atoms with Crippen molar-refractivity contribution in [2.24, 2.45) is 0 Å². The second-order valence-corrected chi connectivity index (χ2v) is 7.30. The van der Waals surface area contributed by atoms with Crippen LogP contribution >= 0.6 is 0 Å². The summed E-state index contributed by atoms with van der Waals surface area (Å²) >= 11 is 0. The van der Waals surface area contributed by atoms with E-state index in [9.17, 15) is 22.8 Å². The van der Waals surface area contributed by atoms with Crippen LogP contribution in [0.3, 0.4) is 0 Å². The number of aryl methyl sites for hydroxylation is 1. The molecule has 7 heteroatoms. The van der Waals surface area contributed by atoms with Gasteiger partial charge in [-0.3, -0.25) is 9.59 Å². The lowest BCUT2D eigenvalue weighted by molar-refractivity contribution is -0.137. The number of nitrogens with one attached hydrogen (secondary N) is 1. The Morgan fingerprint density at radius 3 is 2.26 bits per heavy atom. The number of rotatable bonds is 3. The molecular formula is C24H19F3N2O2. The average Bonchev–Trinajstić information content (AvgIpc) is 2.78. The van der Waals surface area contributed by atoms with Crippen molar-refractivity contribution >= 4 is 23.2 Å². The SMILES string of the molecule is O=C(Nc1ccc2c(c1)N(C(=O)c1ccccc1)CCC2)c1ccc(C(F)(F)F)cc1. The summed E-state index contributed by atoms with van der Waals surface area (Å²) in [5.74, 6) is -0.641. The number of amides is 2. The minimum atomic E-state index is -4.46. The van der Waals surface area contributed by atoms with Gasteiger partial charge < -0.3 is 10.2 Å². The highest BCUT2D eigenvalue weighted by molar-refractivity contribution is 6.08. The van der Waals surface area contributed by atoms with E-state index in [1.807, 2.05) is 12.1 Å². The van der Waals surface area contributed by atoms with Gasteiger partial charge >= 0.3 is 6.18 Å². The molecule has 0 fully saturated rings. The minimum Gasteiger partial charge on any atom is -0.322 e. The van der Waals surface area contributed by atoms with Crippen molar-refractivity contribution in [1.29, 1.82) is 0 Å². The Bertz CT molecular complexity index is 1110. The van der Waals surface area contributed by atoms with Crippen LogP contribution in [0.5, 0.6) is 0 Å². The normalized spacial score (nSPS) is 13.5. The van der Waals surface area contributed by atoms with Crippen molar-refractivity contribution in [3.05, 3.63) is 95.1 Å². The highest BCUT2D eigenvalue weighted by Gasteiger charge is 2.30. The predicted octanol–water partition coefficient (Wildman–Crippen LogP) is 5.55. The number of anilines is 2. The summed E-state index contributed by atoms with van der Waals surface area (Å²) in [5, 5.41) is 2.71. The fraction of sp³-hybridized carbons (Fsp3) is 0.167. The highest BCUT2D eigenvalue weighted by Crippen LogP contribution is 2.32. The van der Waals surface area contributed by atoms with E-state index in [0.29, 0.717) is 17.8 Å². The second-order valence-electron chi connectivity index (χ2n) is 7.30. The van der Waals surface area contributed by atoms with Crippen molar-refractivity contribution in [3.8, 4) is 0 Å². The van der Waals surface area contributed by atoms with Gasteiger partial charge in [0.25, 0.3) is 11.8 Å². The minimum absolute atomic E-state index is 0.114. The first-order valence-corrected chi connectivity index (χ1v) is 9.81. The number of benzene rings is 3. The van der Waals surface area contributed by atoms with Gasteiger partial charge in [0, 0.05) is 29.0 Å². The molecule has 3 aromatic rings. The number of carbonyl (C=O) groups excluding carboxylic acids is 2. The van der Waals surface area contributed by atoms with Crippen molar-refractivity contribution in [2.75, 3.05) is 16.8 Å². The van der Waals surface area contributed by atoms with E-state index < -0.39 is 17.6 Å². The Morgan fingerprint density at radius 2 is 1.58 bits per heavy atom. The number of hydrogen-bond donors (Lipinski definition) is 1. The number of fused-ring (bicyclic) bond motifs is 1. The van der Waals surface area contributed by atoms with Gasteiger partial charge in [-0.15, -0.1) is 0 Å². The molecule has 2 amide bonds. The molecule has 4 nitrogen and oxygen atoms in total. The molecule has 0 bridgehead atoms. The number of halogens is 3. The van der Waals surface area contributed by atoms with Crippen LogP contribution in [0.1, 0.15) is 38.3 Å². The molecule has 1 aliphatic rings. The molecule has 31 heavy (non-hydrogen) atoms. The summed E-state index contributed by atoms with van der Waals surface area (Å²) in [6.07, 6.45) is -2.80. The second kappa shape index (κ2) is 8.26. The summed E-state index contributed by atoms with van der Waals surface area (Å²) < 4.78 is 38.2. The first kappa shape index (κ1) is 20.7. The first-order valence-electron chi connectivity index (χ1n) is 9.81. The molecule has 0 atom stereocenters. The monoisotopic (exact) mass is 424 g/mol. The van der Waals surface area contributed by atoms with Crippen LogP contribution in [0.15, 0.2) is 72.8 Å². The Labute approximate surface area is 177 Å². The predicted molar refractivity (Wildman–Crippen MR) is 112 cm³/mol. The maximum absolute atomic E-state index is 13.0. The smallest absolute Gasteiger partial charge is 0.322 e. The van der Waals surface area contributed by atoms with Gasteiger partial charge in [-0.05, 0) is 66.9 Å². The Kier molecular flexibility index (Phi) is 5.50. The lowest BCUT2D eigenvalue weighted by Crippen LogP contribution is -2.35. The quantitative estimate of drug-likeness (QED) is 0.599. The Balaban J connectivity index is 1.56. The van der Waals surface area contributed by atoms with Crippen molar-refractivity contribution in [2.45, 2.75) is 19.0 Å². The molecule has 158 valence electrons. The fourth-order valence-electron chi connectivity index (χ4n) is 3.61. The summed E-state index contributed by atoms with van der Waals surface area (Å²) in [7, 11) is 0. The molecule has 0 aromatic heterocycles. The molecular weight excluding hydrogens is 405 g/mol. The standard InChI is InChI=1S/C24H19F3N2O2/c25-24(26,27)19-11-8-17(9-12-19)22(30)28-20-13-10-16-7-4-14-29(21(16)15-20)23(31)18-5-2-1-3-6-18/h1-3,5-6,8-13,15H,4,7,14H2,(H,28,30). The zero-order valence-corrected chi connectivity index (χ0v) is 16.4. The zero-order chi connectivity index (χ0) is 22.0. The van der Waals surface area contributed by atoms with Crippen molar-refractivity contribution < 1.29 is 22.8 Å². The first-order chi connectivity index (χ1) is 14.8. The maximum Gasteiger partial charge on any atom is 0.416 e. The van der Waals surface area contributed by atoms with Crippen LogP contribution in [0, 0.1) is 0 Å². The van der Waals surface area contributed by atoms with Gasteiger partial charge in [0.05, 0.1) is 5.56 Å². The molecule has 4 rings (SSSR count). The largest absolute Gasteiger partial charge is 0.416 e. The van der Waals surface area contributed by atoms with Gasteiger partial charge in [-0.25, -0.2) is 0 Å². The van der Waals surface area contributed by atoms with Gasteiger partial charge in [0.15, 0.2) is 0 Å². The van der Waals surface area contributed by atoms with E-state index in [1.54, 1.807) is 41.3 Å². The van der Waals surface area contributed by atoms with E-state index in [1.165, 1.54) is 0 Å². The molecule has 0 saturated carbocycles. The number of hydrogen-bond acceptors (Lipinski definition) is 2. The fourth-order valence-corrected chi connectivity index (χ4v) is 3.61. The third kappa shape index (κ3) is 4.45. The van der Waals surface area contributed by atoms with Gasteiger partial charge in [0.1, 0.15) is 0 Å². The number of carbonyl (C=O) groups is 2. The number of nitrogens with zero attached hydrogens (tertiary/aromatic N) is 1.